The Morgan fingerprint density at radius 2 is 1.91 bits per heavy atom. The van der Waals surface area contributed by atoms with E-state index in [9.17, 15) is 9.59 Å². The molecule has 6 rings (SSSR count). The molecule has 2 amide bonds. The minimum Gasteiger partial charge on any atom is -0.337 e. The van der Waals surface area contributed by atoms with Crippen LogP contribution in [0.5, 0.6) is 0 Å². The first kappa shape index (κ1) is 18.9. The topological polar surface area (TPSA) is 104 Å². The third-order valence-corrected chi connectivity index (χ3v) is 6.35. The van der Waals surface area contributed by atoms with Crippen molar-refractivity contribution in [2.45, 2.75) is 44.8 Å². The predicted octanol–water partition coefficient (Wildman–Crippen LogP) is 3.03. The fraction of sp³-hybridized carbons (Fsp3) is 0.304. The molecule has 1 aliphatic carbocycles. The number of nitrogens with zero attached hydrogens (tertiary/aromatic N) is 6. The van der Waals surface area contributed by atoms with E-state index in [4.69, 9.17) is 4.52 Å². The van der Waals surface area contributed by atoms with Gasteiger partial charge in [0.2, 0.25) is 11.7 Å². The van der Waals surface area contributed by atoms with Crippen LogP contribution in [0.25, 0.3) is 11.4 Å². The van der Waals surface area contributed by atoms with Gasteiger partial charge < -0.3 is 4.52 Å². The highest BCUT2D eigenvalue weighted by Gasteiger charge is 2.55. The minimum absolute atomic E-state index is 0.0978. The zero-order valence-corrected chi connectivity index (χ0v) is 17.4. The molecule has 9 nitrogen and oxygen atoms in total. The minimum atomic E-state index is -0.852. The number of hydrogen-bond acceptors (Lipinski definition) is 8. The van der Waals surface area contributed by atoms with E-state index in [0.717, 1.165) is 30.4 Å². The zero-order chi connectivity index (χ0) is 21.8. The van der Waals surface area contributed by atoms with E-state index >= 15 is 0 Å². The molecule has 0 radical (unpaired) electrons. The summed E-state index contributed by atoms with van der Waals surface area (Å²) >= 11 is 0. The van der Waals surface area contributed by atoms with E-state index in [1.54, 1.807) is 0 Å². The summed E-state index contributed by atoms with van der Waals surface area (Å²) in [5.41, 5.74) is 4.99. The van der Waals surface area contributed by atoms with Crippen LogP contribution in [0.15, 0.2) is 57.3 Å². The summed E-state index contributed by atoms with van der Waals surface area (Å²) in [5.74, 6) is 0.0929. The van der Waals surface area contributed by atoms with Crippen LogP contribution in [0, 0.1) is 6.92 Å². The lowest BCUT2D eigenvalue weighted by Gasteiger charge is -2.19. The van der Waals surface area contributed by atoms with E-state index in [2.05, 4.69) is 20.5 Å². The molecule has 2 aromatic carbocycles. The number of carbonyl (C=O) groups excluding carboxylic acids is 2. The van der Waals surface area contributed by atoms with Crippen LogP contribution < -0.4 is 4.90 Å². The van der Waals surface area contributed by atoms with Crippen molar-refractivity contribution in [1.29, 1.82) is 0 Å². The Labute approximate surface area is 183 Å². The fourth-order valence-corrected chi connectivity index (χ4v) is 4.70. The average Bonchev–Trinajstić information content (AvgIpc) is 3.56. The van der Waals surface area contributed by atoms with Gasteiger partial charge in [-0.05, 0) is 55.0 Å². The second kappa shape index (κ2) is 7.08. The molecule has 3 aliphatic rings. The lowest BCUT2D eigenvalue weighted by molar-refractivity contribution is -0.123. The van der Waals surface area contributed by atoms with Crippen LogP contribution in [0.2, 0.25) is 0 Å². The number of carbonyl (C=O) groups is 2. The Morgan fingerprint density at radius 1 is 1.06 bits per heavy atom. The Morgan fingerprint density at radius 3 is 2.78 bits per heavy atom. The van der Waals surface area contributed by atoms with E-state index in [1.165, 1.54) is 21.0 Å². The van der Waals surface area contributed by atoms with Gasteiger partial charge in [-0.2, -0.15) is 10.1 Å². The quantitative estimate of drug-likeness (QED) is 0.592. The van der Waals surface area contributed by atoms with Gasteiger partial charge >= 0.3 is 0 Å². The molecule has 0 spiro atoms. The maximum absolute atomic E-state index is 13.2. The molecular formula is C23H20N6O3. The molecule has 3 aromatic rings. The SMILES string of the molecule is Cc1ccccc1-c1noc(CN2N=NC3C(=O)N(c4ccc5c(c4)CCC5)C(=O)C32)n1. The van der Waals surface area contributed by atoms with Crippen LogP contribution in [0.3, 0.4) is 0 Å². The predicted molar refractivity (Wildman–Crippen MR) is 113 cm³/mol. The van der Waals surface area contributed by atoms with Gasteiger partial charge in [-0.3, -0.25) is 14.6 Å². The Balaban J connectivity index is 1.24. The number of imide groups is 1. The normalized spacial score (nSPS) is 21.5. The van der Waals surface area contributed by atoms with Crippen molar-refractivity contribution in [1.82, 2.24) is 15.1 Å². The summed E-state index contributed by atoms with van der Waals surface area (Å²) in [6.07, 6.45) is 3.11. The molecule has 1 fully saturated rings. The second-order valence-electron chi connectivity index (χ2n) is 8.34. The van der Waals surface area contributed by atoms with Crippen LogP contribution in [-0.4, -0.2) is 39.0 Å². The zero-order valence-electron chi connectivity index (χ0n) is 17.4. The number of amides is 2. The van der Waals surface area contributed by atoms with Gasteiger partial charge in [0.15, 0.2) is 12.1 Å². The average molecular weight is 428 g/mol. The van der Waals surface area contributed by atoms with Crippen LogP contribution >= 0.6 is 0 Å². The molecule has 3 heterocycles. The lowest BCUT2D eigenvalue weighted by atomic mass is 10.1. The van der Waals surface area contributed by atoms with Crippen molar-refractivity contribution in [3.05, 3.63) is 65.0 Å². The molecule has 9 heteroatoms. The van der Waals surface area contributed by atoms with Crippen molar-refractivity contribution in [3.63, 3.8) is 0 Å². The van der Waals surface area contributed by atoms with Crippen LogP contribution in [-0.2, 0) is 29.0 Å². The molecule has 160 valence electrons. The highest BCUT2D eigenvalue weighted by molar-refractivity contribution is 6.25. The van der Waals surface area contributed by atoms with E-state index in [1.807, 2.05) is 49.4 Å². The molecule has 2 unspecified atom stereocenters. The monoisotopic (exact) mass is 428 g/mol. The molecular weight excluding hydrogens is 408 g/mol. The second-order valence-corrected chi connectivity index (χ2v) is 8.34. The highest BCUT2D eigenvalue weighted by atomic mass is 16.5. The van der Waals surface area contributed by atoms with Crippen molar-refractivity contribution in [2.75, 3.05) is 4.90 Å². The molecule has 2 atom stereocenters. The van der Waals surface area contributed by atoms with Gasteiger partial charge in [-0.15, -0.1) is 0 Å². The number of rotatable bonds is 4. The largest absolute Gasteiger partial charge is 0.337 e. The number of benzene rings is 2. The lowest BCUT2D eigenvalue weighted by Crippen LogP contribution is -2.39. The summed E-state index contributed by atoms with van der Waals surface area (Å²) in [4.78, 5) is 31.9. The standard InChI is InChI=1S/C23H20N6O3/c1-13-5-2-3-8-17(13)21-24-18(32-26-21)12-28-20-19(25-27-28)22(30)29(23(20)31)16-10-9-14-6-4-7-15(14)11-16/h2-3,5,8-11,19-20H,4,6-7,12H2,1H3. The molecule has 0 saturated carbocycles. The summed E-state index contributed by atoms with van der Waals surface area (Å²) < 4.78 is 5.39. The third kappa shape index (κ3) is 2.84. The first-order valence-corrected chi connectivity index (χ1v) is 10.7. The number of anilines is 1. The molecule has 32 heavy (non-hydrogen) atoms. The number of hydrogen-bond donors (Lipinski definition) is 0. The summed E-state index contributed by atoms with van der Waals surface area (Å²) in [6.45, 7) is 2.07. The van der Waals surface area contributed by atoms with Crippen LogP contribution in [0.1, 0.15) is 29.0 Å². The molecule has 0 bridgehead atoms. The Kier molecular flexibility index (Phi) is 4.17. The van der Waals surface area contributed by atoms with Gasteiger partial charge in [0, 0.05) is 5.56 Å². The van der Waals surface area contributed by atoms with Crippen molar-refractivity contribution in [3.8, 4) is 11.4 Å². The smallest absolute Gasteiger partial charge is 0.263 e. The molecule has 2 aliphatic heterocycles. The van der Waals surface area contributed by atoms with E-state index in [-0.39, 0.29) is 18.4 Å². The number of aryl methyl sites for hydroxylation is 3. The van der Waals surface area contributed by atoms with E-state index < -0.39 is 12.1 Å². The van der Waals surface area contributed by atoms with Gasteiger partial charge in [-0.1, -0.05) is 40.7 Å². The molecule has 0 N–H and O–H groups in total. The molecule has 1 aromatic heterocycles. The summed E-state index contributed by atoms with van der Waals surface area (Å²) in [7, 11) is 0. The van der Waals surface area contributed by atoms with Crippen LogP contribution in [0.4, 0.5) is 5.69 Å². The van der Waals surface area contributed by atoms with Gasteiger partial charge in [0.25, 0.3) is 11.8 Å². The first-order chi connectivity index (χ1) is 15.6. The van der Waals surface area contributed by atoms with Gasteiger partial charge in [0.1, 0.15) is 6.54 Å². The maximum Gasteiger partial charge on any atom is 0.263 e. The highest BCUT2D eigenvalue weighted by Crippen LogP contribution is 2.35. The fourth-order valence-electron chi connectivity index (χ4n) is 4.70. The number of aromatic nitrogens is 2. The Hall–Kier alpha value is -3.88. The van der Waals surface area contributed by atoms with Crippen molar-refractivity contribution in [2.24, 2.45) is 10.3 Å². The van der Waals surface area contributed by atoms with Crippen molar-refractivity contribution < 1.29 is 14.1 Å². The summed E-state index contributed by atoms with van der Waals surface area (Å²) in [6, 6.07) is 11.9. The Bertz CT molecular complexity index is 1280. The number of fused-ring (bicyclic) bond motifs is 2. The first-order valence-electron chi connectivity index (χ1n) is 10.7. The maximum atomic E-state index is 13.2. The van der Waals surface area contributed by atoms with Gasteiger partial charge in [-0.25, -0.2) is 4.90 Å². The third-order valence-electron chi connectivity index (χ3n) is 6.35. The summed E-state index contributed by atoms with van der Waals surface area (Å²) in [5, 5.41) is 13.7. The van der Waals surface area contributed by atoms with E-state index in [0.29, 0.717) is 17.4 Å². The molecule has 1 saturated heterocycles. The van der Waals surface area contributed by atoms with Crippen molar-refractivity contribution >= 4 is 17.5 Å². The van der Waals surface area contributed by atoms with Gasteiger partial charge in [0.05, 0.1) is 5.69 Å².